The van der Waals surface area contributed by atoms with E-state index in [0.717, 1.165) is 23.1 Å². The lowest BCUT2D eigenvalue weighted by atomic mass is 9.95. The van der Waals surface area contributed by atoms with Gasteiger partial charge in [-0.3, -0.25) is 14.5 Å². The van der Waals surface area contributed by atoms with Crippen molar-refractivity contribution in [3.8, 4) is 0 Å². The third-order valence-electron chi connectivity index (χ3n) is 5.53. The second kappa shape index (κ2) is 9.12. The number of halogens is 1. The van der Waals surface area contributed by atoms with Crippen LogP contribution < -0.4 is 0 Å². The summed E-state index contributed by atoms with van der Waals surface area (Å²) >= 11 is 3.38. The molecule has 2 saturated heterocycles. The molecule has 7 heteroatoms. The van der Waals surface area contributed by atoms with E-state index in [9.17, 15) is 14.7 Å². The van der Waals surface area contributed by atoms with Crippen molar-refractivity contribution in [2.45, 2.75) is 6.04 Å². The van der Waals surface area contributed by atoms with Gasteiger partial charge in [0.1, 0.15) is 5.76 Å². The number of hydrogen-bond acceptors (Lipinski definition) is 5. The molecule has 0 aromatic heterocycles. The van der Waals surface area contributed by atoms with Crippen LogP contribution in [0, 0.1) is 0 Å². The molecule has 4 rings (SSSR count). The molecule has 0 radical (unpaired) electrons. The molecule has 2 heterocycles. The van der Waals surface area contributed by atoms with Crippen LogP contribution >= 0.6 is 15.9 Å². The summed E-state index contributed by atoms with van der Waals surface area (Å²) in [7, 11) is 0. The smallest absolute Gasteiger partial charge is 0.295 e. The van der Waals surface area contributed by atoms with Gasteiger partial charge in [0.25, 0.3) is 11.7 Å². The molecule has 1 unspecified atom stereocenters. The summed E-state index contributed by atoms with van der Waals surface area (Å²) in [6.07, 6.45) is 0. The van der Waals surface area contributed by atoms with E-state index in [1.807, 2.05) is 30.3 Å². The molecule has 0 spiro atoms. The van der Waals surface area contributed by atoms with Crippen molar-refractivity contribution in [1.82, 2.24) is 9.80 Å². The van der Waals surface area contributed by atoms with Crippen LogP contribution in [0.4, 0.5) is 0 Å². The predicted octanol–water partition coefficient (Wildman–Crippen LogP) is 3.20. The van der Waals surface area contributed by atoms with Gasteiger partial charge in [-0.15, -0.1) is 0 Å². The Morgan fingerprint density at radius 2 is 1.67 bits per heavy atom. The van der Waals surface area contributed by atoms with Gasteiger partial charge in [-0.25, -0.2) is 0 Å². The number of rotatable bonds is 5. The van der Waals surface area contributed by atoms with Gasteiger partial charge in [0.2, 0.25) is 0 Å². The lowest BCUT2D eigenvalue weighted by Gasteiger charge is -2.31. The SMILES string of the molecule is O=C1C(=O)N(CCN2CCOCC2)C(c2ccccc2)/C1=C(/O)c1ccc(Br)cc1. The van der Waals surface area contributed by atoms with Crippen LogP contribution in [0.3, 0.4) is 0 Å². The number of Topliss-reactive ketones (excluding diaryl/α,β-unsaturated/α-hetero) is 1. The average molecular weight is 471 g/mol. The van der Waals surface area contributed by atoms with E-state index in [4.69, 9.17) is 4.74 Å². The summed E-state index contributed by atoms with van der Waals surface area (Å²) in [5.41, 5.74) is 1.44. The fraction of sp³-hybridized carbons (Fsp3) is 0.304. The maximum Gasteiger partial charge on any atom is 0.295 e. The summed E-state index contributed by atoms with van der Waals surface area (Å²) < 4.78 is 6.25. The Bertz CT molecular complexity index is 953. The topological polar surface area (TPSA) is 70.1 Å². The van der Waals surface area contributed by atoms with Crippen molar-refractivity contribution in [2.75, 3.05) is 39.4 Å². The number of aliphatic hydroxyl groups excluding tert-OH is 1. The van der Waals surface area contributed by atoms with Crippen LogP contribution in [0.2, 0.25) is 0 Å². The quantitative estimate of drug-likeness (QED) is 0.412. The Labute approximate surface area is 183 Å². The molecule has 156 valence electrons. The van der Waals surface area contributed by atoms with Gasteiger partial charge < -0.3 is 14.7 Å². The molecule has 1 atom stereocenters. The van der Waals surface area contributed by atoms with E-state index in [2.05, 4.69) is 20.8 Å². The van der Waals surface area contributed by atoms with Crippen LogP contribution in [-0.2, 0) is 14.3 Å². The first-order valence-electron chi connectivity index (χ1n) is 9.95. The highest BCUT2D eigenvalue weighted by molar-refractivity contribution is 9.10. The first-order chi connectivity index (χ1) is 14.6. The largest absolute Gasteiger partial charge is 0.507 e. The molecular formula is C23H23BrN2O4. The van der Waals surface area contributed by atoms with Gasteiger partial charge in [-0.05, 0) is 17.7 Å². The zero-order valence-electron chi connectivity index (χ0n) is 16.5. The zero-order valence-corrected chi connectivity index (χ0v) is 18.0. The fourth-order valence-corrected chi connectivity index (χ4v) is 4.19. The number of hydrogen-bond donors (Lipinski definition) is 1. The highest BCUT2D eigenvalue weighted by Gasteiger charge is 2.45. The first-order valence-corrected chi connectivity index (χ1v) is 10.7. The minimum absolute atomic E-state index is 0.135. The van der Waals surface area contributed by atoms with E-state index >= 15 is 0 Å². The van der Waals surface area contributed by atoms with Gasteiger partial charge in [0, 0.05) is 36.2 Å². The lowest BCUT2D eigenvalue weighted by Crippen LogP contribution is -2.42. The zero-order chi connectivity index (χ0) is 21.1. The fourth-order valence-electron chi connectivity index (χ4n) is 3.93. The Kier molecular flexibility index (Phi) is 6.32. The Balaban J connectivity index is 1.71. The molecule has 0 aliphatic carbocycles. The number of benzene rings is 2. The van der Waals surface area contributed by atoms with Crippen molar-refractivity contribution in [3.63, 3.8) is 0 Å². The normalized spacial score (nSPS) is 21.9. The molecule has 1 N–H and O–H groups in total. The molecule has 2 aliphatic rings. The van der Waals surface area contributed by atoms with Gasteiger partial charge in [0.05, 0.1) is 24.8 Å². The summed E-state index contributed by atoms with van der Waals surface area (Å²) in [6, 6.07) is 15.8. The first kappa shape index (κ1) is 20.8. The monoisotopic (exact) mass is 470 g/mol. The van der Waals surface area contributed by atoms with Crippen LogP contribution in [0.1, 0.15) is 17.2 Å². The van der Waals surface area contributed by atoms with E-state index in [1.165, 1.54) is 0 Å². The Morgan fingerprint density at radius 3 is 2.33 bits per heavy atom. The average Bonchev–Trinajstić information content (AvgIpc) is 3.04. The van der Waals surface area contributed by atoms with Gasteiger partial charge >= 0.3 is 0 Å². The molecule has 2 aromatic carbocycles. The van der Waals surface area contributed by atoms with E-state index in [1.54, 1.807) is 29.2 Å². The lowest BCUT2D eigenvalue weighted by molar-refractivity contribution is -0.140. The molecular weight excluding hydrogens is 448 g/mol. The van der Waals surface area contributed by atoms with Crippen LogP contribution in [0.5, 0.6) is 0 Å². The van der Waals surface area contributed by atoms with Crippen LogP contribution in [0.25, 0.3) is 5.76 Å². The van der Waals surface area contributed by atoms with Crippen molar-refractivity contribution < 1.29 is 19.4 Å². The maximum absolute atomic E-state index is 13.0. The molecule has 0 saturated carbocycles. The molecule has 2 aromatic rings. The maximum atomic E-state index is 13.0. The number of ether oxygens (including phenoxy) is 1. The van der Waals surface area contributed by atoms with Crippen LogP contribution in [-0.4, -0.2) is 66.0 Å². The number of aliphatic hydroxyl groups is 1. The summed E-state index contributed by atoms with van der Waals surface area (Å²) in [5, 5.41) is 11.0. The van der Waals surface area contributed by atoms with Crippen LogP contribution in [0.15, 0.2) is 64.6 Å². The molecule has 0 bridgehead atoms. The molecule has 2 fully saturated rings. The van der Waals surface area contributed by atoms with Gasteiger partial charge in [-0.1, -0.05) is 58.4 Å². The third-order valence-corrected chi connectivity index (χ3v) is 6.06. The summed E-state index contributed by atoms with van der Waals surface area (Å²) in [6.45, 7) is 4.01. The highest BCUT2D eigenvalue weighted by Crippen LogP contribution is 2.39. The number of amides is 1. The second-order valence-corrected chi connectivity index (χ2v) is 8.28. The summed E-state index contributed by atoms with van der Waals surface area (Å²) in [4.78, 5) is 29.7. The molecule has 30 heavy (non-hydrogen) atoms. The number of carbonyl (C=O) groups is 2. The van der Waals surface area contributed by atoms with Crippen molar-refractivity contribution >= 4 is 33.4 Å². The molecule has 6 nitrogen and oxygen atoms in total. The number of morpholine rings is 1. The van der Waals surface area contributed by atoms with Crippen molar-refractivity contribution in [2.24, 2.45) is 0 Å². The highest BCUT2D eigenvalue weighted by atomic mass is 79.9. The van der Waals surface area contributed by atoms with Crippen molar-refractivity contribution in [3.05, 3.63) is 75.8 Å². The minimum Gasteiger partial charge on any atom is -0.507 e. The van der Waals surface area contributed by atoms with E-state index in [-0.39, 0.29) is 11.3 Å². The van der Waals surface area contributed by atoms with E-state index in [0.29, 0.717) is 31.9 Å². The molecule has 1 amide bonds. The van der Waals surface area contributed by atoms with Crippen molar-refractivity contribution in [1.29, 1.82) is 0 Å². The molecule has 2 aliphatic heterocycles. The summed E-state index contributed by atoms with van der Waals surface area (Å²) in [5.74, 6) is -1.37. The standard InChI is InChI=1S/C23H23BrN2O4/c24-18-8-6-17(7-9-18)21(27)19-20(16-4-2-1-3-5-16)26(23(29)22(19)28)11-10-25-12-14-30-15-13-25/h1-9,20,27H,10-15H2/b21-19-. The number of ketones is 1. The Hall–Kier alpha value is -2.48. The number of likely N-dealkylation sites (tertiary alicyclic amines) is 1. The third kappa shape index (κ3) is 4.19. The minimum atomic E-state index is -0.647. The number of nitrogens with zero attached hydrogens (tertiary/aromatic N) is 2. The second-order valence-electron chi connectivity index (χ2n) is 7.36. The Morgan fingerprint density at radius 1 is 1.00 bits per heavy atom. The number of carbonyl (C=O) groups excluding carboxylic acids is 2. The van der Waals surface area contributed by atoms with E-state index < -0.39 is 17.7 Å². The van der Waals surface area contributed by atoms with Gasteiger partial charge in [0.15, 0.2) is 0 Å². The predicted molar refractivity (Wildman–Crippen MR) is 117 cm³/mol. The van der Waals surface area contributed by atoms with Gasteiger partial charge in [-0.2, -0.15) is 0 Å².